The Labute approximate surface area is 215 Å². The summed E-state index contributed by atoms with van der Waals surface area (Å²) in [6, 6.07) is 11.5. The Morgan fingerprint density at radius 3 is 2.78 bits per heavy atom. The number of thioether (sulfide) groups is 1. The first-order valence-corrected chi connectivity index (χ1v) is 12.8. The van der Waals surface area contributed by atoms with Gasteiger partial charge >= 0.3 is 0 Å². The molecule has 1 aliphatic rings. The fourth-order valence-electron chi connectivity index (χ4n) is 3.77. The van der Waals surface area contributed by atoms with Gasteiger partial charge in [-0.1, -0.05) is 12.1 Å². The summed E-state index contributed by atoms with van der Waals surface area (Å²) in [4.78, 5) is 10.5. The number of nitrogens with one attached hydrogen (secondary N) is 1. The summed E-state index contributed by atoms with van der Waals surface area (Å²) in [6.45, 7) is 4.50. The summed E-state index contributed by atoms with van der Waals surface area (Å²) >= 11 is 1.68. The summed E-state index contributed by atoms with van der Waals surface area (Å²) in [6.07, 6.45) is 3.65. The van der Waals surface area contributed by atoms with E-state index in [9.17, 15) is 10.2 Å². The molecule has 0 saturated carbocycles. The van der Waals surface area contributed by atoms with Crippen LogP contribution in [-0.4, -0.2) is 64.2 Å². The lowest BCUT2D eigenvalue weighted by molar-refractivity contribution is -0.0460. The summed E-state index contributed by atoms with van der Waals surface area (Å²) in [7, 11) is 1.74. The quantitative estimate of drug-likeness (QED) is 0.321. The van der Waals surface area contributed by atoms with Crippen LogP contribution in [0.4, 0.5) is 11.5 Å². The van der Waals surface area contributed by atoms with Gasteiger partial charge in [0.15, 0.2) is 0 Å². The van der Waals surface area contributed by atoms with Crippen molar-refractivity contribution in [1.29, 1.82) is 0 Å². The van der Waals surface area contributed by atoms with Crippen LogP contribution in [0.5, 0.6) is 11.5 Å². The number of aryl methyl sites for hydroxylation is 1. The SMILES string of the molecule is Cc1cc(Nc2ncnc3cccc(OCC(C)N(C)C(O)CO)c23)ccc1OCC1=CSC=CC1. The van der Waals surface area contributed by atoms with E-state index < -0.39 is 6.23 Å². The van der Waals surface area contributed by atoms with Crippen molar-refractivity contribution in [3.63, 3.8) is 0 Å². The van der Waals surface area contributed by atoms with Crippen LogP contribution in [0.3, 0.4) is 0 Å². The number of likely N-dealkylation sites (N-methyl/N-ethyl adjacent to an activating group) is 1. The Morgan fingerprint density at radius 2 is 2.03 bits per heavy atom. The monoisotopic (exact) mass is 508 g/mol. The number of hydrogen-bond donors (Lipinski definition) is 3. The number of benzene rings is 2. The molecule has 1 aromatic heterocycles. The van der Waals surface area contributed by atoms with E-state index in [0.717, 1.165) is 34.3 Å². The van der Waals surface area contributed by atoms with Crippen LogP contribution in [0, 0.1) is 6.92 Å². The molecule has 3 N–H and O–H groups in total. The van der Waals surface area contributed by atoms with Gasteiger partial charge in [0.1, 0.15) is 43.1 Å². The Bertz CT molecular complexity index is 1240. The molecule has 2 unspecified atom stereocenters. The zero-order valence-electron chi connectivity index (χ0n) is 20.7. The predicted molar refractivity (Wildman–Crippen MR) is 145 cm³/mol. The van der Waals surface area contributed by atoms with Crippen molar-refractivity contribution in [2.45, 2.75) is 32.5 Å². The van der Waals surface area contributed by atoms with E-state index in [4.69, 9.17) is 9.47 Å². The smallest absolute Gasteiger partial charge is 0.145 e. The lowest BCUT2D eigenvalue weighted by atomic mass is 10.1. The molecule has 0 bridgehead atoms. The zero-order valence-corrected chi connectivity index (χ0v) is 21.5. The molecule has 3 aromatic rings. The van der Waals surface area contributed by atoms with Gasteiger partial charge in [-0.05, 0) is 79.6 Å². The molecule has 0 aliphatic carbocycles. The number of nitrogens with zero attached hydrogens (tertiary/aromatic N) is 3. The third-order valence-corrected chi connectivity index (χ3v) is 6.89. The molecule has 1 aliphatic heterocycles. The van der Waals surface area contributed by atoms with Crippen molar-refractivity contribution in [2.75, 3.05) is 32.2 Å². The van der Waals surface area contributed by atoms with Gasteiger partial charge in [-0.25, -0.2) is 9.97 Å². The van der Waals surface area contributed by atoms with Gasteiger partial charge in [-0.3, -0.25) is 4.90 Å². The second kappa shape index (κ2) is 12.2. The third-order valence-electron chi connectivity index (χ3n) is 6.07. The maximum absolute atomic E-state index is 9.89. The second-order valence-corrected chi connectivity index (χ2v) is 9.52. The van der Waals surface area contributed by atoms with Crippen LogP contribution in [0.25, 0.3) is 10.9 Å². The molecule has 190 valence electrons. The minimum Gasteiger partial charge on any atom is -0.491 e. The summed E-state index contributed by atoms with van der Waals surface area (Å²) < 4.78 is 12.2. The number of ether oxygens (including phenoxy) is 2. The first-order chi connectivity index (χ1) is 17.5. The number of allylic oxidation sites excluding steroid dienone is 1. The Kier molecular flexibility index (Phi) is 8.82. The first-order valence-electron chi connectivity index (χ1n) is 11.8. The molecular weight excluding hydrogens is 476 g/mol. The van der Waals surface area contributed by atoms with Crippen molar-refractivity contribution < 1.29 is 19.7 Å². The number of aliphatic hydroxyl groups excluding tert-OH is 2. The highest BCUT2D eigenvalue weighted by Crippen LogP contribution is 2.33. The third kappa shape index (κ3) is 6.36. The topological polar surface area (TPSA) is 100.0 Å². The van der Waals surface area contributed by atoms with E-state index in [1.165, 1.54) is 11.9 Å². The Morgan fingerprint density at radius 1 is 1.17 bits per heavy atom. The number of rotatable bonds is 11. The highest BCUT2D eigenvalue weighted by atomic mass is 32.2. The molecule has 8 nitrogen and oxygen atoms in total. The molecule has 2 atom stereocenters. The van der Waals surface area contributed by atoms with Crippen LogP contribution < -0.4 is 14.8 Å². The standard InChI is InChI=1S/C27H32N4O4S/c1-18-12-21(9-10-23(18)35-15-20-6-5-11-36-16-20)30-27-26-22(28-17-29-27)7-4-8-24(26)34-14-19(2)31(3)25(33)13-32/h4-5,7-12,16-17,19,25,32-33H,6,13-15H2,1-3H3,(H,28,29,30). The van der Waals surface area contributed by atoms with Crippen LogP contribution in [0.15, 0.2) is 65.2 Å². The van der Waals surface area contributed by atoms with E-state index in [1.807, 2.05) is 50.2 Å². The molecule has 2 heterocycles. The molecule has 0 radical (unpaired) electrons. The predicted octanol–water partition coefficient (Wildman–Crippen LogP) is 4.60. The van der Waals surface area contributed by atoms with Crippen LogP contribution >= 0.6 is 11.8 Å². The van der Waals surface area contributed by atoms with Gasteiger partial charge in [-0.2, -0.15) is 0 Å². The number of aromatic nitrogens is 2. The van der Waals surface area contributed by atoms with Crippen molar-refractivity contribution >= 4 is 34.2 Å². The Balaban J connectivity index is 1.49. The molecule has 0 spiro atoms. The van der Waals surface area contributed by atoms with Gasteiger partial charge in [0, 0.05) is 11.7 Å². The molecule has 4 rings (SSSR count). The largest absolute Gasteiger partial charge is 0.491 e. The van der Waals surface area contributed by atoms with Crippen molar-refractivity contribution in [3.8, 4) is 11.5 Å². The minimum absolute atomic E-state index is 0.127. The maximum atomic E-state index is 9.89. The van der Waals surface area contributed by atoms with Crippen molar-refractivity contribution in [3.05, 3.63) is 70.8 Å². The van der Waals surface area contributed by atoms with Gasteiger partial charge in [0.05, 0.1) is 17.5 Å². The minimum atomic E-state index is -0.943. The van der Waals surface area contributed by atoms with E-state index in [1.54, 1.807) is 23.7 Å². The first kappa shape index (κ1) is 26.0. The van der Waals surface area contributed by atoms with Crippen LogP contribution in [-0.2, 0) is 0 Å². The molecule has 0 fully saturated rings. The maximum Gasteiger partial charge on any atom is 0.145 e. The average Bonchev–Trinajstić information content (AvgIpc) is 2.91. The van der Waals surface area contributed by atoms with Crippen LogP contribution in [0.1, 0.15) is 18.9 Å². The number of fused-ring (bicyclic) bond motifs is 1. The van der Waals surface area contributed by atoms with Crippen molar-refractivity contribution in [2.24, 2.45) is 0 Å². The number of hydrogen-bond acceptors (Lipinski definition) is 9. The fourth-order valence-corrected chi connectivity index (χ4v) is 4.41. The summed E-state index contributed by atoms with van der Waals surface area (Å²) in [5, 5.41) is 27.5. The van der Waals surface area contributed by atoms with Gasteiger partial charge in [0.25, 0.3) is 0 Å². The van der Waals surface area contributed by atoms with E-state index in [0.29, 0.717) is 24.8 Å². The summed E-state index contributed by atoms with van der Waals surface area (Å²) in [5.74, 6) is 2.12. The highest BCUT2D eigenvalue weighted by molar-refractivity contribution is 8.04. The molecule has 36 heavy (non-hydrogen) atoms. The number of anilines is 2. The normalized spacial score (nSPS) is 15.0. The summed E-state index contributed by atoms with van der Waals surface area (Å²) in [5.41, 5.74) is 3.92. The second-order valence-electron chi connectivity index (χ2n) is 8.74. The van der Waals surface area contributed by atoms with Gasteiger partial charge < -0.3 is 25.0 Å². The number of aliphatic hydroxyl groups is 2. The Hall–Kier alpha value is -3.11. The lowest BCUT2D eigenvalue weighted by Crippen LogP contribution is -2.43. The average molecular weight is 509 g/mol. The zero-order chi connectivity index (χ0) is 25.5. The molecule has 0 saturated heterocycles. The lowest BCUT2D eigenvalue weighted by Gasteiger charge is -2.28. The highest BCUT2D eigenvalue weighted by Gasteiger charge is 2.18. The van der Waals surface area contributed by atoms with Crippen LogP contribution in [0.2, 0.25) is 0 Å². The van der Waals surface area contributed by atoms with Gasteiger partial charge in [0.2, 0.25) is 0 Å². The molecule has 2 aromatic carbocycles. The molecule has 9 heteroatoms. The van der Waals surface area contributed by atoms with E-state index in [2.05, 4.69) is 32.2 Å². The van der Waals surface area contributed by atoms with Gasteiger partial charge in [-0.15, -0.1) is 11.8 Å². The van der Waals surface area contributed by atoms with E-state index >= 15 is 0 Å². The van der Waals surface area contributed by atoms with E-state index in [-0.39, 0.29) is 12.6 Å². The van der Waals surface area contributed by atoms with Crippen molar-refractivity contribution in [1.82, 2.24) is 14.9 Å². The molecular formula is C27H32N4O4S. The fraction of sp³-hybridized carbons (Fsp3) is 0.333. The molecule has 0 amide bonds.